The van der Waals surface area contributed by atoms with E-state index in [0.717, 1.165) is 0 Å². The molecule has 0 aliphatic carbocycles. The van der Waals surface area contributed by atoms with Gasteiger partial charge in [-0.15, -0.1) is 0 Å². The number of aromatic nitrogens is 2. The van der Waals surface area contributed by atoms with Crippen molar-refractivity contribution in [3.05, 3.63) is 16.7 Å². The maximum absolute atomic E-state index is 10.4. The molecule has 0 atom stereocenters. The van der Waals surface area contributed by atoms with Crippen LogP contribution in [0.1, 0.15) is 0 Å². The standard InChI is InChI=1S/C4H4N3OSe/c5-3-2(9)1-6-4(8)7-3/h1H,(H3,5,6,7,8). The summed E-state index contributed by atoms with van der Waals surface area (Å²) in [5.74, 6) is 0.329. The van der Waals surface area contributed by atoms with Crippen LogP contribution in [0.3, 0.4) is 0 Å². The molecule has 0 aliphatic rings. The Balaban J connectivity index is 3.34. The van der Waals surface area contributed by atoms with Crippen molar-refractivity contribution < 1.29 is 0 Å². The van der Waals surface area contributed by atoms with E-state index in [4.69, 9.17) is 5.73 Å². The molecular formula is C4H4N3OSe. The number of H-pyrrole nitrogens is 1. The summed E-state index contributed by atoms with van der Waals surface area (Å²) in [6, 6.07) is 0. The molecule has 0 fully saturated rings. The third kappa shape index (κ3) is 1.31. The minimum absolute atomic E-state index is 0.329. The van der Waals surface area contributed by atoms with Gasteiger partial charge in [0.2, 0.25) is 0 Å². The van der Waals surface area contributed by atoms with E-state index < -0.39 is 5.69 Å². The molecule has 1 aromatic rings. The van der Waals surface area contributed by atoms with Gasteiger partial charge in [0, 0.05) is 0 Å². The number of hydrogen-bond acceptors (Lipinski definition) is 3. The Kier molecular flexibility index (Phi) is 1.55. The Hall–Kier alpha value is -0.801. The average molecular weight is 189 g/mol. The number of nitrogens with two attached hydrogens (primary N) is 1. The van der Waals surface area contributed by atoms with Gasteiger partial charge in [0.1, 0.15) is 0 Å². The third-order valence-corrected chi connectivity index (χ3v) is 1.49. The summed E-state index contributed by atoms with van der Waals surface area (Å²) in [7, 11) is 0. The zero-order valence-electron chi connectivity index (χ0n) is 4.42. The van der Waals surface area contributed by atoms with Crippen molar-refractivity contribution in [3.63, 3.8) is 0 Å². The second-order valence-electron chi connectivity index (χ2n) is 1.47. The van der Waals surface area contributed by atoms with Crippen LogP contribution >= 0.6 is 0 Å². The normalized spacial score (nSPS) is 9.33. The van der Waals surface area contributed by atoms with Gasteiger partial charge in [0.25, 0.3) is 0 Å². The van der Waals surface area contributed by atoms with E-state index >= 15 is 0 Å². The molecule has 1 aromatic heterocycles. The van der Waals surface area contributed by atoms with Crippen molar-refractivity contribution in [1.82, 2.24) is 9.97 Å². The predicted octanol–water partition coefficient (Wildman–Crippen LogP) is -1.85. The number of nitrogen functional groups attached to an aromatic ring is 1. The van der Waals surface area contributed by atoms with Crippen LogP contribution in [0.15, 0.2) is 11.0 Å². The molecule has 0 aromatic carbocycles. The summed E-state index contributed by atoms with van der Waals surface area (Å²) in [4.78, 5) is 16.1. The minimum atomic E-state index is -0.425. The summed E-state index contributed by atoms with van der Waals surface area (Å²) in [5, 5.41) is 0. The van der Waals surface area contributed by atoms with Crippen LogP contribution in [0.4, 0.5) is 5.82 Å². The fourth-order valence-electron chi connectivity index (χ4n) is 0.396. The molecule has 3 N–H and O–H groups in total. The molecule has 4 nitrogen and oxygen atoms in total. The average Bonchev–Trinajstić information content (AvgIpc) is 1.80. The van der Waals surface area contributed by atoms with Crippen LogP contribution < -0.4 is 15.9 Å². The summed E-state index contributed by atoms with van der Waals surface area (Å²) < 4.78 is 0.662. The summed E-state index contributed by atoms with van der Waals surface area (Å²) >= 11 is 2.64. The molecule has 1 radical (unpaired) electrons. The molecule has 1 heterocycles. The summed E-state index contributed by atoms with van der Waals surface area (Å²) in [6.45, 7) is 0. The van der Waals surface area contributed by atoms with E-state index in [1.807, 2.05) is 0 Å². The van der Waals surface area contributed by atoms with Crippen molar-refractivity contribution >= 4 is 26.3 Å². The molecule has 0 unspecified atom stereocenters. The number of nitrogens with zero attached hydrogens (tertiary/aromatic N) is 1. The van der Waals surface area contributed by atoms with Gasteiger partial charge < -0.3 is 0 Å². The Morgan fingerprint density at radius 1 is 1.78 bits per heavy atom. The summed E-state index contributed by atoms with van der Waals surface area (Å²) in [5.41, 5.74) is 4.87. The molecule has 0 spiro atoms. The van der Waals surface area contributed by atoms with Gasteiger partial charge in [-0.25, -0.2) is 0 Å². The molecular weight excluding hydrogens is 185 g/mol. The van der Waals surface area contributed by atoms with Gasteiger partial charge in [-0.1, -0.05) is 0 Å². The Labute approximate surface area is 59.3 Å². The molecule has 0 bridgehead atoms. The first kappa shape index (κ1) is 6.32. The fraction of sp³-hybridized carbons (Fsp3) is 0. The fourth-order valence-corrected chi connectivity index (χ4v) is 0.614. The van der Waals surface area contributed by atoms with Gasteiger partial charge in [-0.3, -0.25) is 0 Å². The number of aromatic amines is 1. The monoisotopic (exact) mass is 190 g/mol. The summed E-state index contributed by atoms with van der Waals surface area (Å²) in [6.07, 6.45) is 1.38. The number of hydrogen-bond donors (Lipinski definition) is 2. The molecule has 47 valence electrons. The van der Waals surface area contributed by atoms with Crippen LogP contribution in [0, 0.1) is 0 Å². The molecule has 0 amide bonds. The van der Waals surface area contributed by atoms with Gasteiger partial charge in [-0.2, -0.15) is 0 Å². The Bertz CT molecular complexity index is 269. The van der Waals surface area contributed by atoms with Crippen LogP contribution in [0.25, 0.3) is 0 Å². The van der Waals surface area contributed by atoms with E-state index in [9.17, 15) is 4.79 Å². The second-order valence-corrected chi connectivity index (χ2v) is 2.39. The van der Waals surface area contributed by atoms with Crippen LogP contribution in [0.2, 0.25) is 0 Å². The molecule has 0 aliphatic heterocycles. The van der Waals surface area contributed by atoms with Gasteiger partial charge in [0.15, 0.2) is 0 Å². The van der Waals surface area contributed by atoms with E-state index in [1.165, 1.54) is 6.20 Å². The topological polar surface area (TPSA) is 71.8 Å². The van der Waals surface area contributed by atoms with Crippen molar-refractivity contribution in [1.29, 1.82) is 0 Å². The van der Waals surface area contributed by atoms with Gasteiger partial charge in [0.05, 0.1) is 0 Å². The second kappa shape index (κ2) is 2.21. The zero-order valence-corrected chi connectivity index (χ0v) is 6.13. The molecule has 1 rings (SSSR count). The van der Waals surface area contributed by atoms with E-state index in [2.05, 4.69) is 26.0 Å². The van der Waals surface area contributed by atoms with E-state index in [1.54, 1.807) is 0 Å². The maximum atomic E-state index is 10.4. The van der Waals surface area contributed by atoms with Crippen LogP contribution in [-0.2, 0) is 0 Å². The predicted molar refractivity (Wildman–Crippen MR) is 34.7 cm³/mol. The Morgan fingerprint density at radius 2 is 2.44 bits per heavy atom. The molecule has 0 saturated heterocycles. The first-order valence-electron chi connectivity index (χ1n) is 2.22. The number of anilines is 1. The molecule has 5 heteroatoms. The van der Waals surface area contributed by atoms with Gasteiger partial charge >= 0.3 is 58.7 Å². The SMILES string of the molecule is Nc1[nH]c(=O)ncc1[Se]. The van der Waals surface area contributed by atoms with Crippen molar-refractivity contribution in [3.8, 4) is 0 Å². The van der Waals surface area contributed by atoms with Crippen LogP contribution in [0.5, 0.6) is 0 Å². The number of rotatable bonds is 0. The molecule has 9 heavy (non-hydrogen) atoms. The van der Waals surface area contributed by atoms with Crippen molar-refractivity contribution in [2.45, 2.75) is 0 Å². The van der Waals surface area contributed by atoms with Crippen LogP contribution in [-0.4, -0.2) is 26.0 Å². The zero-order chi connectivity index (χ0) is 6.85. The van der Waals surface area contributed by atoms with Gasteiger partial charge in [-0.05, 0) is 0 Å². The Morgan fingerprint density at radius 3 is 2.89 bits per heavy atom. The third-order valence-electron chi connectivity index (χ3n) is 0.806. The van der Waals surface area contributed by atoms with E-state index in [-0.39, 0.29) is 0 Å². The van der Waals surface area contributed by atoms with Crippen molar-refractivity contribution in [2.24, 2.45) is 0 Å². The number of nitrogens with one attached hydrogen (secondary N) is 1. The van der Waals surface area contributed by atoms with E-state index in [0.29, 0.717) is 10.3 Å². The quantitative estimate of drug-likeness (QED) is 0.470. The first-order valence-corrected chi connectivity index (χ1v) is 3.07. The molecule has 0 saturated carbocycles. The first-order chi connectivity index (χ1) is 4.20. The van der Waals surface area contributed by atoms with Crippen molar-refractivity contribution in [2.75, 3.05) is 5.73 Å².